The van der Waals surface area contributed by atoms with Crippen molar-refractivity contribution in [1.29, 1.82) is 0 Å². The van der Waals surface area contributed by atoms with Crippen molar-refractivity contribution in [3.05, 3.63) is 83.9 Å². The maximum absolute atomic E-state index is 5.68. The smallest absolute Gasteiger partial charge is 0.124 e. The van der Waals surface area contributed by atoms with Crippen molar-refractivity contribution in [2.45, 2.75) is 25.6 Å². The van der Waals surface area contributed by atoms with Gasteiger partial charge in [0.2, 0.25) is 0 Å². The van der Waals surface area contributed by atoms with Gasteiger partial charge < -0.3 is 9.30 Å². The Morgan fingerprint density at radius 3 is 2.84 bits per heavy atom. The predicted molar refractivity (Wildman–Crippen MR) is 98.5 cm³/mol. The largest absolute Gasteiger partial charge is 0.496 e. The molecule has 0 amide bonds. The fourth-order valence-electron chi connectivity index (χ4n) is 3.78. The monoisotopic (exact) mass is 333 g/mol. The fourth-order valence-corrected chi connectivity index (χ4v) is 3.78. The van der Waals surface area contributed by atoms with Gasteiger partial charge in [0.1, 0.15) is 5.75 Å². The van der Waals surface area contributed by atoms with Crippen LogP contribution < -0.4 is 4.74 Å². The van der Waals surface area contributed by atoms with Gasteiger partial charge in [0, 0.05) is 49.5 Å². The van der Waals surface area contributed by atoms with E-state index in [-0.39, 0.29) is 6.04 Å². The number of aryl methyl sites for hydroxylation is 1. The van der Waals surface area contributed by atoms with E-state index in [4.69, 9.17) is 4.74 Å². The molecule has 0 N–H and O–H groups in total. The van der Waals surface area contributed by atoms with Crippen LogP contribution in [0.3, 0.4) is 0 Å². The fraction of sp³-hybridized carbons (Fsp3) is 0.286. The van der Waals surface area contributed by atoms with E-state index in [9.17, 15) is 0 Å². The van der Waals surface area contributed by atoms with Gasteiger partial charge in [-0.2, -0.15) is 0 Å². The minimum absolute atomic E-state index is 0.175. The topological polar surface area (TPSA) is 30.3 Å². The summed E-state index contributed by atoms with van der Waals surface area (Å²) in [6.45, 7) is 2.97. The zero-order valence-electron chi connectivity index (χ0n) is 14.5. The Bertz CT molecular complexity index is 828. The lowest BCUT2D eigenvalue weighted by molar-refractivity contribution is 0.216. The molecule has 4 heteroatoms. The van der Waals surface area contributed by atoms with Crippen LogP contribution in [0.2, 0.25) is 0 Å². The molecule has 1 aromatic carbocycles. The highest BCUT2D eigenvalue weighted by Crippen LogP contribution is 2.37. The minimum Gasteiger partial charge on any atom is -0.496 e. The second kappa shape index (κ2) is 7.11. The van der Waals surface area contributed by atoms with Crippen LogP contribution in [0.15, 0.2) is 67.1 Å². The SMILES string of the molecule is COc1ccccc1C1c2cccn2CCCN1Cc1cccnc1. The molecule has 4 rings (SSSR count). The van der Waals surface area contributed by atoms with Crippen molar-refractivity contribution in [3.8, 4) is 5.75 Å². The molecule has 1 unspecified atom stereocenters. The Morgan fingerprint density at radius 1 is 1.08 bits per heavy atom. The molecule has 1 aliphatic rings. The lowest BCUT2D eigenvalue weighted by atomic mass is 10.00. The molecule has 1 atom stereocenters. The summed E-state index contributed by atoms with van der Waals surface area (Å²) in [4.78, 5) is 6.82. The van der Waals surface area contributed by atoms with Crippen molar-refractivity contribution in [2.24, 2.45) is 0 Å². The van der Waals surface area contributed by atoms with E-state index >= 15 is 0 Å². The van der Waals surface area contributed by atoms with Gasteiger partial charge in [-0.05, 0) is 36.2 Å². The summed E-state index contributed by atoms with van der Waals surface area (Å²) in [5, 5.41) is 0. The average Bonchev–Trinajstić information content (AvgIpc) is 3.04. The minimum atomic E-state index is 0.175. The van der Waals surface area contributed by atoms with E-state index in [0.29, 0.717) is 0 Å². The number of pyridine rings is 1. The van der Waals surface area contributed by atoms with E-state index in [1.54, 1.807) is 7.11 Å². The Morgan fingerprint density at radius 2 is 2.00 bits per heavy atom. The summed E-state index contributed by atoms with van der Waals surface area (Å²) in [6.07, 6.45) is 7.11. The van der Waals surface area contributed by atoms with E-state index in [1.807, 2.05) is 24.5 Å². The van der Waals surface area contributed by atoms with Gasteiger partial charge in [0.05, 0.1) is 13.2 Å². The summed E-state index contributed by atoms with van der Waals surface area (Å²) < 4.78 is 8.06. The average molecular weight is 333 g/mol. The number of ether oxygens (including phenoxy) is 1. The van der Waals surface area contributed by atoms with Crippen molar-refractivity contribution in [1.82, 2.24) is 14.5 Å². The van der Waals surface area contributed by atoms with E-state index in [1.165, 1.54) is 16.8 Å². The maximum atomic E-state index is 5.68. The van der Waals surface area contributed by atoms with E-state index in [0.717, 1.165) is 31.8 Å². The molecule has 0 saturated heterocycles. The second-order valence-electron chi connectivity index (χ2n) is 6.46. The Hall–Kier alpha value is -2.59. The third-order valence-electron chi connectivity index (χ3n) is 4.90. The third-order valence-corrected chi connectivity index (χ3v) is 4.90. The number of aromatic nitrogens is 2. The van der Waals surface area contributed by atoms with Crippen LogP contribution in [0, 0.1) is 0 Å². The molecule has 0 saturated carbocycles. The molecule has 3 heterocycles. The highest BCUT2D eigenvalue weighted by molar-refractivity contribution is 5.41. The Kier molecular flexibility index (Phi) is 4.53. The van der Waals surface area contributed by atoms with Crippen molar-refractivity contribution in [3.63, 3.8) is 0 Å². The molecule has 0 radical (unpaired) electrons. The van der Waals surface area contributed by atoms with Crippen LogP contribution in [0.4, 0.5) is 0 Å². The molecule has 0 fully saturated rings. The van der Waals surface area contributed by atoms with E-state index < -0.39 is 0 Å². The van der Waals surface area contributed by atoms with Crippen LogP contribution in [-0.2, 0) is 13.1 Å². The number of hydrogen-bond acceptors (Lipinski definition) is 3. The van der Waals surface area contributed by atoms with Crippen molar-refractivity contribution < 1.29 is 4.74 Å². The first-order chi connectivity index (χ1) is 12.4. The van der Waals surface area contributed by atoms with Crippen LogP contribution in [0.5, 0.6) is 5.75 Å². The van der Waals surface area contributed by atoms with Crippen LogP contribution in [0.1, 0.15) is 29.3 Å². The number of nitrogens with zero attached hydrogens (tertiary/aromatic N) is 3. The zero-order valence-corrected chi connectivity index (χ0v) is 14.5. The molecule has 0 aliphatic carbocycles. The first-order valence-electron chi connectivity index (χ1n) is 8.78. The number of rotatable bonds is 4. The van der Waals surface area contributed by atoms with Crippen LogP contribution >= 0.6 is 0 Å². The number of fused-ring (bicyclic) bond motifs is 1. The molecule has 1 aliphatic heterocycles. The molecule has 25 heavy (non-hydrogen) atoms. The summed E-state index contributed by atoms with van der Waals surface area (Å²) >= 11 is 0. The van der Waals surface area contributed by atoms with Gasteiger partial charge in [-0.15, -0.1) is 0 Å². The third kappa shape index (κ3) is 3.17. The number of hydrogen-bond donors (Lipinski definition) is 0. The molecular weight excluding hydrogens is 310 g/mol. The van der Waals surface area contributed by atoms with Gasteiger partial charge in [0.25, 0.3) is 0 Å². The van der Waals surface area contributed by atoms with Crippen molar-refractivity contribution >= 4 is 0 Å². The highest BCUT2D eigenvalue weighted by Gasteiger charge is 2.29. The zero-order chi connectivity index (χ0) is 17.1. The summed E-state index contributed by atoms with van der Waals surface area (Å²) in [5.41, 5.74) is 3.78. The van der Waals surface area contributed by atoms with Crippen LogP contribution in [-0.4, -0.2) is 28.1 Å². The van der Waals surface area contributed by atoms with Crippen LogP contribution in [0.25, 0.3) is 0 Å². The second-order valence-corrected chi connectivity index (χ2v) is 6.46. The molecule has 0 spiro atoms. The number of methoxy groups -OCH3 is 1. The lowest BCUT2D eigenvalue weighted by Crippen LogP contribution is -2.29. The molecule has 4 nitrogen and oxygen atoms in total. The Balaban J connectivity index is 1.78. The van der Waals surface area contributed by atoms with Gasteiger partial charge in [-0.25, -0.2) is 0 Å². The van der Waals surface area contributed by atoms with E-state index in [2.05, 4.69) is 57.0 Å². The molecular formula is C21H23N3O. The maximum Gasteiger partial charge on any atom is 0.124 e. The predicted octanol–water partition coefficient (Wildman–Crippen LogP) is 3.89. The summed E-state index contributed by atoms with van der Waals surface area (Å²) in [5.74, 6) is 0.943. The van der Waals surface area contributed by atoms with Crippen molar-refractivity contribution in [2.75, 3.05) is 13.7 Å². The van der Waals surface area contributed by atoms with Gasteiger partial charge in [0.15, 0.2) is 0 Å². The van der Waals surface area contributed by atoms with Gasteiger partial charge in [-0.3, -0.25) is 9.88 Å². The Labute approximate surface area is 148 Å². The quantitative estimate of drug-likeness (QED) is 0.726. The lowest BCUT2D eigenvalue weighted by Gasteiger charge is -2.31. The summed E-state index contributed by atoms with van der Waals surface area (Å²) in [6, 6.07) is 17.1. The summed E-state index contributed by atoms with van der Waals surface area (Å²) in [7, 11) is 1.75. The standard InChI is InChI=1S/C21H23N3O/c1-25-20-10-3-2-8-18(20)21-19-9-5-12-23(19)13-6-14-24(21)16-17-7-4-11-22-15-17/h2-5,7-12,15,21H,6,13-14,16H2,1H3. The molecule has 0 bridgehead atoms. The first-order valence-corrected chi connectivity index (χ1v) is 8.78. The first kappa shape index (κ1) is 15.9. The molecule has 128 valence electrons. The highest BCUT2D eigenvalue weighted by atomic mass is 16.5. The number of para-hydroxylation sites is 1. The number of benzene rings is 1. The van der Waals surface area contributed by atoms with Gasteiger partial charge in [-0.1, -0.05) is 24.3 Å². The normalized spacial score (nSPS) is 17.7. The van der Waals surface area contributed by atoms with Gasteiger partial charge >= 0.3 is 0 Å². The molecule has 2 aromatic heterocycles. The molecule has 3 aromatic rings.